The molecule has 23 heavy (non-hydrogen) atoms. The molecule has 0 aromatic carbocycles. The second-order valence-corrected chi connectivity index (χ2v) is 8.52. The normalized spacial score (nSPS) is 26.8. The fourth-order valence-corrected chi connectivity index (χ4v) is 5.72. The largest absolute Gasteiger partial charge is 0.392 e. The zero-order chi connectivity index (χ0) is 16.0. The van der Waals surface area contributed by atoms with Crippen molar-refractivity contribution in [1.29, 1.82) is 0 Å². The Labute approximate surface area is 150 Å². The van der Waals surface area contributed by atoms with E-state index >= 15 is 0 Å². The number of rotatable bonds is 2. The van der Waals surface area contributed by atoms with Crippen molar-refractivity contribution >= 4 is 22.6 Å². The lowest BCUT2D eigenvalue weighted by Gasteiger charge is -2.47. The van der Waals surface area contributed by atoms with Gasteiger partial charge in [0, 0.05) is 39.5 Å². The summed E-state index contributed by atoms with van der Waals surface area (Å²) in [5.41, 5.74) is 4.35. The molecule has 2 N–H and O–H groups in total. The van der Waals surface area contributed by atoms with Crippen LogP contribution in [0.2, 0.25) is 0 Å². The Balaban J connectivity index is 1.78. The smallest absolute Gasteiger partial charge is 0.0823 e. The van der Waals surface area contributed by atoms with Crippen molar-refractivity contribution in [3.05, 3.63) is 26.1 Å². The van der Waals surface area contributed by atoms with Crippen LogP contribution in [-0.4, -0.2) is 28.4 Å². The van der Waals surface area contributed by atoms with Crippen molar-refractivity contribution in [3.8, 4) is 0 Å². The van der Waals surface area contributed by atoms with Crippen LogP contribution in [0.1, 0.15) is 73.1 Å². The van der Waals surface area contributed by atoms with Gasteiger partial charge in [0.25, 0.3) is 0 Å². The summed E-state index contributed by atoms with van der Waals surface area (Å²) in [5, 5.41) is 20.6. The average molecular weight is 429 g/mol. The Morgan fingerprint density at radius 1 is 1.26 bits per heavy atom. The molecule has 1 aromatic heterocycles. The van der Waals surface area contributed by atoms with E-state index in [0.29, 0.717) is 5.92 Å². The van der Waals surface area contributed by atoms with Gasteiger partial charge in [-0.2, -0.15) is 0 Å². The predicted molar refractivity (Wildman–Crippen MR) is 95.2 cm³/mol. The van der Waals surface area contributed by atoms with E-state index in [4.69, 9.17) is 9.72 Å². The van der Waals surface area contributed by atoms with E-state index < -0.39 is 6.10 Å². The van der Waals surface area contributed by atoms with E-state index in [1.807, 2.05) is 0 Å². The van der Waals surface area contributed by atoms with E-state index in [1.54, 1.807) is 0 Å². The Morgan fingerprint density at radius 2 is 2.00 bits per heavy atom. The van der Waals surface area contributed by atoms with Crippen LogP contribution in [-0.2, 0) is 17.8 Å². The summed E-state index contributed by atoms with van der Waals surface area (Å²) < 4.78 is 6.52. The zero-order valence-electron chi connectivity index (χ0n) is 13.4. The minimum Gasteiger partial charge on any atom is -0.392 e. The third-order valence-electron chi connectivity index (χ3n) is 6.06. The number of hydrogen-bond donors (Lipinski definition) is 2. The van der Waals surface area contributed by atoms with Gasteiger partial charge in [0.05, 0.1) is 18.4 Å². The maximum absolute atomic E-state index is 10.7. The molecule has 1 unspecified atom stereocenters. The Kier molecular flexibility index (Phi) is 4.41. The topological polar surface area (TPSA) is 62.6 Å². The molecule has 1 spiro atoms. The number of fused-ring (bicyclic) bond motifs is 1. The highest BCUT2D eigenvalue weighted by Crippen LogP contribution is 2.54. The van der Waals surface area contributed by atoms with Gasteiger partial charge in [0.15, 0.2) is 0 Å². The summed E-state index contributed by atoms with van der Waals surface area (Å²) in [6.45, 7) is 1.55. The minimum atomic E-state index is -0.424. The van der Waals surface area contributed by atoms with Crippen LogP contribution >= 0.6 is 22.6 Å². The second-order valence-electron chi connectivity index (χ2n) is 7.44. The molecule has 0 amide bonds. The number of aromatic nitrogens is 1. The SMILES string of the molecule is OCc1c(C2CCOCC2)nc2c(c1I)C(O)CC1(CCC1)C2. The highest BCUT2D eigenvalue weighted by atomic mass is 127. The van der Waals surface area contributed by atoms with Crippen molar-refractivity contribution in [2.75, 3.05) is 13.2 Å². The molecule has 126 valence electrons. The number of halogens is 1. The van der Waals surface area contributed by atoms with Crippen molar-refractivity contribution in [2.24, 2.45) is 5.41 Å². The fraction of sp³-hybridized carbons (Fsp3) is 0.722. The molecule has 5 heteroatoms. The highest BCUT2D eigenvalue weighted by Gasteiger charge is 2.45. The summed E-state index contributed by atoms with van der Waals surface area (Å²) in [6, 6.07) is 0. The van der Waals surface area contributed by atoms with Gasteiger partial charge in [-0.05, 0) is 66.5 Å². The van der Waals surface area contributed by atoms with E-state index in [-0.39, 0.29) is 12.0 Å². The summed E-state index contributed by atoms with van der Waals surface area (Å²) in [5.74, 6) is 0.376. The fourth-order valence-electron chi connectivity index (χ4n) is 4.60. The summed E-state index contributed by atoms with van der Waals surface area (Å²) in [4.78, 5) is 5.02. The standard InChI is InChI=1S/C18H24INO3/c19-16-12(10-21)17(11-2-6-23-7-3-11)20-13-8-18(4-1-5-18)9-14(22)15(13)16/h11,14,21-22H,1-10H2. The minimum absolute atomic E-state index is 0.00308. The molecule has 1 aromatic rings. The summed E-state index contributed by atoms with van der Waals surface area (Å²) in [6.07, 6.45) is 7.10. The van der Waals surface area contributed by atoms with Gasteiger partial charge in [-0.15, -0.1) is 0 Å². The van der Waals surface area contributed by atoms with Crippen LogP contribution in [0.5, 0.6) is 0 Å². The van der Waals surface area contributed by atoms with Crippen LogP contribution in [0.15, 0.2) is 0 Å². The first-order chi connectivity index (χ1) is 11.1. The lowest BCUT2D eigenvalue weighted by atomic mass is 9.60. The molecule has 1 saturated heterocycles. The number of ether oxygens (including phenoxy) is 1. The number of aliphatic hydroxyl groups excluding tert-OH is 2. The molecule has 0 bridgehead atoms. The number of hydrogen-bond acceptors (Lipinski definition) is 4. The molecule has 2 aliphatic carbocycles. The van der Waals surface area contributed by atoms with Crippen LogP contribution in [0, 0.1) is 8.99 Å². The van der Waals surface area contributed by atoms with Crippen LogP contribution in [0.25, 0.3) is 0 Å². The van der Waals surface area contributed by atoms with Crippen LogP contribution < -0.4 is 0 Å². The first-order valence-corrected chi connectivity index (χ1v) is 9.79. The molecule has 4 nitrogen and oxygen atoms in total. The molecule has 3 aliphatic rings. The molecule has 0 radical (unpaired) electrons. The molecule has 2 fully saturated rings. The van der Waals surface area contributed by atoms with Gasteiger partial charge in [-0.25, -0.2) is 0 Å². The van der Waals surface area contributed by atoms with Gasteiger partial charge in [-0.1, -0.05) is 6.42 Å². The van der Waals surface area contributed by atoms with Crippen molar-refractivity contribution in [1.82, 2.24) is 4.98 Å². The van der Waals surface area contributed by atoms with E-state index in [0.717, 1.165) is 65.0 Å². The highest BCUT2D eigenvalue weighted by molar-refractivity contribution is 14.1. The van der Waals surface area contributed by atoms with Gasteiger partial charge < -0.3 is 14.9 Å². The van der Waals surface area contributed by atoms with E-state index in [9.17, 15) is 10.2 Å². The van der Waals surface area contributed by atoms with Crippen LogP contribution in [0.4, 0.5) is 0 Å². The molecular weight excluding hydrogens is 405 g/mol. The number of aliphatic hydroxyl groups is 2. The third-order valence-corrected chi connectivity index (χ3v) is 7.29. The summed E-state index contributed by atoms with van der Waals surface area (Å²) >= 11 is 2.31. The van der Waals surface area contributed by atoms with E-state index in [1.165, 1.54) is 19.3 Å². The lowest BCUT2D eigenvalue weighted by Crippen LogP contribution is -2.38. The summed E-state index contributed by atoms with van der Waals surface area (Å²) in [7, 11) is 0. The van der Waals surface area contributed by atoms with Gasteiger partial charge in [-0.3, -0.25) is 4.98 Å². The Hall–Kier alpha value is -0.240. The molecular formula is C18H24INO3. The maximum atomic E-state index is 10.7. The van der Waals surface area contributed by atoms with Gasteiger partial charge >= 0.3 is 0 Å². The van der Waals surface area contributed by atoms with E-state index in [2.05, 4.69) is 22.6 Å². The van der Waals surface area contributed by atoms with Crippen molar-refractivity contribution < 1.29 is 14.9 Å². The first kappa shape index (κ1) is 16.2. The second kappa shape index (κ2) is 6.24. The monoisotopic (exact) mass is 429 g/mol. The first-order valence-electron chi connectivity index (χ1n) is 8.71. The molecule has 1 atom stereocenters. The molecule has 1 aliphatic heterocycles. The predicted octanol–water partition coefficient (Wildman–Crippen LogP) is 3.22. The van der Waals surface area contributed by atoms with Crippen LogP contribution in [0.3, 0.4) is 0 Å². The van der Waals surface area contributed by atoms with Gasteiger partial charge in [0.2, 0.25) is 0 Å². The van der Waals surface area contributed by atoms with Crippen molar-refractivity contribution in [2.45, 2.75) is 63.6 Å². The Morgan fingerprint density at radius 3 is 2.61 bits per heavy atom. The third kappa shape index (κ3) is 2.73. The Bertz CT molecular complexity index is 609. The maximum Gasteiger partial charge on any atom is 0.0823 e. The van der Waals surface area contributed by atoms with Gasteiger partial charge in [0.1, 0.15) is 0 Å². The lowest BCUT2D eigenvalue weighted by molar-refractivity contribution is 0.0235. The van der Waals surface area contributed by atoms with Crippen molar-refractivity contribution in [3.63, 3.8) is 0 Å². The molecule has 2 heterocycles. The average Bonchev–Trinajstić information content (AvgIpc) is 2.53. The number of nitrogens with zero attached hydrogens (tertiary/aromatic N) is 1. The zero-order valence-corrected chi connectivity index (χ0v) is 15.5. The molecule has 1 saturated carbocycles. The molecule has 4 rings (SSSR count). The number of pyridine rings is 1. The quantitative estimate of drug-likeness (QED) is 0.709.